The van der Waals surface area contributed by atoms with Gasteiger partial charge in [0.2, 0.25) is 5.95 Å². The van der Waals surface area contributed by atoms with Gasteiger partial charge in [-0.15, -0.1) is 0 Å². The lowest BCUT2D eigenvalue weighted by Gasteiger charge is -2.35. The number of piperazine rings is 1. The van der Waals surface area contributed by atoms with E-state index in [9.17, 15) is 5.11 Å². The third kappa shape index (κ3) is 3.73. The molecule has 2 aromatic heterocycles. The summed E-state index contributed by atoms with van der Waals surface area (Å²) in [7, 11) is 0. The molecule has 0 saturated carbocycles. The van der Waals surface area contributed by atoms with E-state index in [1.807, 2.05) is 4.90 Å². The van der Waals surface area contributed by atoms with E-state index >= 15 is 0 Å². The number of morpholine rings is 1. The molecule has 3 fully saturated rings. The van der Waals surface area contributed by atoms with Crippen molar-refractivity contribution >= 4 is 40.3 Å². The molecule has 0 amide bonds. The van der Waals surface area contributed by atoms with Crippen LogP contribution in [0.15, 0.2) is 0 Å². The smallest absolute Gasteiger partial charge is 0.229 e. The molecule has 5 rings (SSSR count). The molecule has 11 heteroatoms. The Hall–Kier alpha value is -2.01. The minimum Gasteiger partial charge on any atom is -0.394 e. The molecule has 30 heavy (non-hydrogen) atoms. The van der Waals surface area contributed by atoms with Crippen molar-refractivity contribution in [2.45, 2.75) is 18.9 Å². The zero-order valence-corrected chi connectivity index (χ0v) is 17.7. The quantitative estimate of drug-likeness (QED) is 0.697. The van der Waals surface area contributed by atoms with E-state index in [-0.39, 0.29) is 12.6 Å². The van der Waals surface area contributed by atoms with Gasteiger partial charge in [-0.1, -0.05) is 11.6 Å². The van der Waals surface area contributed by atoms with Gasteiger partial charge in [-0.2, -0.15) is 9.97 Å². The van der Waals surface area contributed by atoms with Crippen LogP contribution in [0.25, 0.3) is 11.2 Å². The van der Waals surface area contributed by atoms with Gasteiger partial charge in [0.05, 0.1) is 25.9 Å². The Kier molecular flexibility index (Phi) is 5.72. The molecule has 3 aliphatic rings. The normalized spacial score (nSPS) is 22.9. The highest BCUT2D eigenvalue weighted by Gasteiger charge is 2.29. The third-order valence-electron chi connectivity index (χ3n) is 5.96. The van der Waals surface area contributed by atoms with Crippen molar-refractivity contribution in [1.29, 1.82) is 0 Å². The Morgan fingerprint density at radius 2 is 1.77 bits per heavy atom. The lowest BCUT2D eigenvalue weighted by Crippen LogP contribution is -2.48. The molecule has 0 bridgehead atoms. The molecule has 162 valence electrons. The zero-order chi connectivity index (χ0) is 20.5. The van der Waals surface area contributed by atoms with Crippen molar-refractivity contribution in [3.05, 3.63) is 5.15 Å². The Morgan fingerprint density at radius 3 is 2.53 bits per heavy atom. The molecule has 0 aliphatic carbocycles. The van der Waals surface area contributed by atoms with Crippen LogP contribution in [-0.2, 0) is 4.74 Å². The first kappa shape index (κ1) is 19.9. The predicted octanol–water partition coefficient (Wildman–Crippen LogP) is 0.281. The summed E-state index contributed by atoms with van der Waals surface area (Å²) in [5, 5.41) is 13.4. The number of nitrogens with one attached hydrogen (secondary N) is 1. The second-order valence-corrected chi connectivity index (χ2v) is 8.25. The number of aromatic nitrogens is 4. The van der Waals surface area contributed by atoms with Crippen LogP contribution < -0.4 is 20.0 Å². The van der Waals surface area contributed by atoms with Crippen LogP contribution in [0.4, 0.5) is 17.6 Å². The van der Waals surface area contributed by atoms with Crippen molar-refractivity contribution in [2.24, 2.45) is 0 Å². The fourth-order valence-corrected chi connectivity index (χ4v) is 4.55. The minimum absolute atomic E-state index is 0.0368. The van der Waals surface area contributed by atoms with Gasteiger partial charge in [0.15, 0.2) is 28.0 Å². The van der Waals surface area contributed by atoms with Gasteiger partial charge in [-0.25, -0.2) is 9.97 Å². The summed E-state index contributed by atoms with van der Waals surface area (Å²) in [6, 6.07) is -0.199. The number of aliphatic hydroxyl groups excluding tert-OH is 1. The molecule has 0 spiro atoms. The van der Waals surface area contributed by atoms with E-state index < -0.39 is 0 Å². The molecule has 10 nitrogen and oxygen atoms in total. The van der Waals surface area contributed by atoms with Crippen molar-refractivity contribution in [3.63, 3.8) is 0 Å². The van der Waals surface area contributed by atoms with Gasteiger partial charge in [0.25, 0.3) is 0 Å². The molecule has 1 atom stereocenters. The third-order valence-corrected chi connectivity index (χ3v) is 6.21. The van der Waals surface area contributed by atoms with Crippen LogP contribution in [-0.4, -0.2) is 96.7 Å². The molecule has 2 N–H and O–H groups in total. The number of aliphatic hydroxyl groups is 1. The number of ether oxygens (including phenoxy) is 1. The second-order valence-electron chi connectivity index (χ2n) is 7.89. The number of halogens is 1. The summed E-state index contributed by atoms with van der Waals surface area (Å²) in [6.07, 6.45) is 2.28. The fourth-order valence-electron chi connectivity index (χ4n) is 4.32. The number of hydrogen-bond donors (Lipinski definition) is 2. The van der Waals surface area contributed by atoms with Crippen molar-refractivity contribution < 1.29 is 9.84 Å². The van der Waals surface area contributed by atoms with Gasteiger partial charge in [0, 0.05) is 45.8 Å². The Balaban J connectivity index is 1.61. The zero-order valence-electron chi connectivity index (χ0n) is 16.9. The maximum Gasteiger partial charge on any atom is 0.229 e. The summed E-state index contributed by atoms with van der Waals surface area (Å²) in [6.45, 7) is 6.97. The summed E-state index contributed by atoms with van der Waals surface area (Å²) < 4.78 is 5.50. The minimum atomic E-state index is -0.199. The Bertz CT molecular complexity index is 904. The van der Waals surface area contributed by atoms with Crippen LogP contribution in [0.2, 0.25) is 5.15 Å². The first-order valence-electron chi connectivity index (χ1n) is 10.7. The van der Waals surface area contributed by atoms with Crippen molar-refractivity contribution in [2.75, 3.05) is 80.3 Å². The Labute approximate surface area is 180 Å². The summed E-state index contributed by atoms with van der Waals surface area (Å²) >= 11 is 6.60. The Morgan fingerprint density at radius 1 is 0.967 bits per heavy atom. The highest BCUT2D eigenvalue weighted by atomic mass is 35.5. The van der Waals surface area contributed by atoms with E-state index in [1.54, 1.807) is 0 Å². The second kappa shape index (κ2) is 8.62. The number of fused-ring (bicyclic) bond motifs is 1. The monoisotopic (exact) mass is 434 g/mol. The van der Waals surface area contributed by atoms with E-state index in [4.69, 9.17) is 36.3 Å². The highest BCUT2D eigenvalue weighted by molar-refractivity contribution is 6.32. The van der Waals surface area contributed by atoms with Gasteiger partial charge < -0.3 is 29.9 Å². The lowest BCUT2D eigenvalue weighted by molar-refractivity contribution is 0.0723. The average molecular weight is 435 g/mol. The molecular weight excluding hydrogens is 408 g/mol. The van der Waals surface area contributed by atoms with Crippen molar-refractivity contribution in [1.82, 2.24) is 25.3 Å². The van der Waals surface area contributed by atoms with Gasteiger partial charge >= 0.3 is 0 Å². The molecule has 3 aliphatic heterocycles. The summed E-state index contributed by atoms with van der Waals surface area (Å²) in [5.41, 5.74) is 1.18. The molecule has 5 heterocycles. The molecule has 0 radical (unpaired) electrons. The number of anilines is 3. The number of nitrogens with zero attached hydrogens (tertiary/aromatic N) is 7. The summed E-state index contributed by atoms with van der Waals surface area (Å²) in [4.78, 5) is 25.6. The van der Waals surface area contributed by atoms with E-state index in [0.29, 0.717) is 47.8 Å². The summed E-state index contributed by atoms with van der Waals surface area (Å²) in [5.74, 6) is 2.05. The maximum absolute atomic E-state index is 9.77. The molecular formula is C19H27ClN8O2. The first-order valence-corrected chi connectivity index (χ1v) is 11.0. The lowest BCUT2D eigenvalue weighted by atomic mass is 10.2. The van der Waals surface area contributed by atoms with Crippen LogP contribution >= 0.6 is 11.6 Å². The number of hydrogen-bond acceptors (Lipinski definition) is 10. The predicted molar refractivity (Wildman–Crippen MR) is 116 cm³/mol. The van der Waals surface area contributed by atoms with Crippen LogP contribution in [0.1, 0.15) is 12.8 Å². The molecule has 2 aromatic rings. The van der Waals surface area contributed by atoms with E-state index in [1.165, 1.54) is 0 Å². The fraction of sp³-hybridized carbons (Fsp3) is 0.684. The van der Waals surface area contributed by atoms with Crippen LogP contribution in [0, 0.1) is 0 Å². The highest BCUT2D eigenvalue weighted by Crippen LogP contribution is 2.32. The van der Waals surface area contributed by atoms with E-state index in [0.717, 1.165) is 57.9 Å². The maximum atomic E-state index is 9.77. The molecule has 3 saturated heterocycles. The van der Waals surface area contributed by atoms with E-state index in [2.05, 4.69) is 15.1 Å². The van der Waals surface area contributed by atoms with Gasteiger partial charge in [-0.3, -0.25) is 0 Å². The van der Waals surface area contributed by atoms with Crippen LogP contribution in [0.5, 0.6) is 0 Å². The topological polar surface area (TPSA) is 103 Å². The van der Waals surface area contributed by atoms with Gasteiger partial charge in [0.1, 0.15) is 0 Å². The molecule has 0 aromatic carbocycles. The largest absolute Gasteiger partial charge is 0.394 e. The average Bonchev–Trinajstić information content (AvgIpc) is 3.33. The standard InChI is InChI=1S/C19H27ClN8O2/c20-15-18(28-9-10-30-12-13(28)11-29)23-16-14(22-15)17(26-5-1-2-6-26)25-19(24-16)27-7-3-21-4-8-27/h13,21,29H,1-12H2. The SMILES string of the molecule is OCC1COCCN1c1nc2nc(N3CCNCC3)nc(N3CCCC3)c2nc1Cl. The van der Waals surface area contributed by atoms with Crippen LogP contribution in [0.3, 0.4) is 0 Å². The van der Waals surface area contributed by atoms with Crippen molar-refractivity contribution in [3.8, 4) is 0 Å². The van der Waals surface area contributed by atoms with Gasteiger partial charge in [-0.05, 0) is 12.8 Å². The molecule has 1 unspecified atom stereocenters. The number of rotatable bonds is 4. The first-order chi connectivity index (χ1) is 14.7.